The molecule has 3 unspecified atom stereocenters. The third-order valence-corrected chi connectivity index (χ3v) is 6.52. The zero-order valence-electron chi connectivity index (χ0n) is 16.3. The molecule has 0 bridgehead atoms. The van der Waals surface area contributed by atoms with E-state index in [1.165, 1.54) is 0 Å². The van der Waals surface area contributed by atoms with Gasteiger partial charge in [-0.3, -0.25) is 4.21 Å². The van der Waals surface area contributed by atoms with E-state index in [9.17, 15) is 4.21 Å². The summed E-state index contributed by atoms with van der Waals surface area (Å²) >= 11 is 0. The fourth-order valence-corrected chi connectivity index (χ4v) is 4.45. The third kappa shape index (κ3) is 6.05. The lowest BCUT2D eigenvalue weighted by molar-refractivity contribution is 0.203. The molecule has 1 aromatic rings. The summed E-state index contributed by atoms with van der Waals surface area (Å²) in [5.74, 6) is 3.17. The van der Waals surface area contributed by atoms with E-state index in [-0.39, 0.29) is 5.25 Å². The molecule has 1 fully saturated rings. The molecule has 1 aliphatic rings. The number of hydrogen-bond acceptors (Lipinski definition) is 5. The summed E-state index contributed by atoms with van der Waals surface area (Å²) in [7, 11) is 2.89. The second kappa shape index (κ2) is 10.6. The van der Waals surface area contributed by atoms with Gasteiger partial charge < -0.3 is 19.9 Å². The minimum atomic E-state index is -0.731. The Labute approximate surface area is 158 Å². The topological polar surface area (TPSA) is 93.4 Å². The van der Waals surface area contributed by atoms with E-state index in [1.54, 1.807) is 7.11 Å². The van der Waals surface area contributed by atoms with E-state index >= 15 is 0 Å². The van der Waals surface area contributed by atoms with Crippen molar-refractivity contribution in [1.82, 2.24) is 25.4 Å². The summed E-state index contributed by atoms with van der Waals surface area (Å²) in [4.78, 5) is 4.66. The van der Waals surface area contributed by atoms with Crippen LogP contribution in [0.2, 0.25) is 0 Å². The number of methoxy groups -OCH3 is 1. The zero-order chi connectivity index (χ0) is 18.9. The van der Waals surface area contributed by atoms with E-state index in [4.69, 9.17) is 4.74 Å². The van der Waals surface area contributed by atoms with E-state index < -0.39 is 10.8 Å². The number of aromatic nitrogens is 3. The van der Waals surface area contributed by atoms with Crippen molar-refractivity contribution in [3.05, 3.63) is 11.6 Å². The monoisotopic (exact) mass is 384 g/mol. The standard InChI is InChI=1S/C17H32N6O2S/c1-5-26(24)15-8-6-7-14(11-15)20-17(18-9-10-25-4)19-12-16-22-21-13(2)23(16)3/h14-15H,5-12H2,1-4H3,(H2,18,19,20). The SMILES string of the molecule is CCS(=O)C1CCCC(NC(=NCc2nnc(C)n2C)NCCOC)C1. The predicted octanol–water partition coefficient (Wildman–Crippen LogP) is 0.885. The first-order valence-corrected chi connectivity index (χ1v) is 10.7. The lowest BCUT2D eigenvalue weighted by Gasteiger charge is -2.30. The Morgan fingerprint density at radius 3 is 2.88 bits per heavy atom. The van der Waals surface area contributed by atoms with Crippen molar-refractivity contribution in [3.63, 3.8) is 0 Å². The van der Waals surface area contributed by atoms with Crippen molar-refractivity contribution in [1.29, 1.82) is 0 Å². The molecule has 0 saturated heterocycles. The molecule has 0 spiro atoms. The predicted molar refractivity (Wildman–Crippen MR) is 105 cm³/mol. The van der Waals surface area contributed by atoms with Gasteiger partial charge in [0.1, 0.15) is 12.4 Å². The fourth-order valence-electron chi connectivity index (χ4n) is 3.11. The Balaban J connectivity index is 2.00. The molecule has 1 saturated carbocycles. The van der Waals surface area contributed by atoms with Crippen LogP contribution < -0.4 is 10.6 Å². The molecule has 3 atom stereocenters. The molecule has 2 N–H and O–H groups in total. The van der Waals surface area contributed by atoms with Crippen LogP contribution in [0, 0.1) is 6.92 Å². The summed E-state index contributed by atoms with van der Waals surface area (Å²) in [6.45, 7) is 5.66. The van der Waals surface area contributed by atoms with Crippen LogP contribution in [0.4, 0.5) is 0 Å². The van der Waals surface area contributed by atoms with E-state index in [2.05, 4.69) is 25.8 Å². The number of rotatable bonds is 8. The van der Waals surface area contributed by atoms with Crippen LogP contribution in [0.5, 0.6) is 0 Å². The number of ether oxygens (including phenoxy) is 1. The van der Waals surface area contributed by atoms with Gasteiger partial charge in [-0.1, -0.05) is 13.3 Å². The van der Waals surface area contributed by atoms with Gasteiger partial charge in [0, 0.05) is 48.5 Å². The molecular weight excluding hydrogens is 352 g/mol. The number of aliphatic imine (C=N–C) groups is 1. The van der Waals surface area contributed by atoms with Crippen molar-refractivity contribution in [2.45, 2.75) is 57.4 Å². The number of guanidine groups is 1. The van der Waals surface area contributed by atoms with Crippen LogP contribution in [-0.4, -0.2) is 62.2 Å². The number of aryl methyl sites for hydroxylation is 1. The van der Waals surface area contributed by atoms with Crippen molar-refractivity contribution < 1.29 is 8.95 Å². The summed E-state index contributed by atoms with van der Waals surface area (Å²) in [6, 6.07) is 0.291. The largest absolute Gasteiger partial charge is 0.383 e. The second-order valence-corrected chi connectivity index (χ2v) is 8.61. The zero-order valence-corrected chi connectivity index (χ0v) is 17.1. The summed E-state index contributed by atoms with van der Waals surface area (Å²) in [5, 5.41) is 15.3. The van der Waals surface area contributed by atoms with Crippen molar-refractivity contribution >= 4 is 16.8 Å². The lowest BCUT2D eigenvalue weighted by atomic mass is 9.95. The first kappa shape index (κ1) is 20.8. The number of hydrogen-bond donors (Lipinski definition) is 2. The maximum absolute atomic E-state index is 12.2. The van der Waals surface area contributed by atoms with Gasteiger partial charge in [0.05, 0.1) is 6.61 Å². The molecule has 1 aromatic heterocycles. The molecule has 148 valence electrons. The van der Waals surface area contributed by atoms with E-state index in [1.807, 2.05) is 25.5 Å². The van der Waals surface area contributed by atoms with E-state index in [0.717, 1.165) is 49.0 Å². The molecule has 9 heteroatoms. The fraction of sp³-hybridized carbons (Fsp3) is 0.824. The van der Waals surface area contributed by atoms with Gasteiger partial charge in [-0.05, 0) is 26.2 Å². The van der Waals surface area contributed by atoms with Gasteiger partial charge in [0.25, 0.3) is 0 Å². The van der Waals surface area contributed by atoms with Crippen molar-refractivity contribution in [2.75, 3.05) is 26.0 Å². The van der Waals surface area contributed by atoms with Crippen molar-refractivity contribution in [2.24, 2.45) is 12.0 Å². The maximum atomic E-state index is 12.2. The van der Waals surface area contributed by atoms with Crippen LogP contribution in [0.1, 0.15) is 44.3 Å². The molecule has 8 nitrogen and oxygen atoms in total. The second-order valence-electron chi connectivity index (χ2n) is 6.61. The highest BCUT2D eigenvalue weighted by Crippen LogP contribution is 2.23. The molecule has 2 rings (SSSR count). The van der Waals surface area contributed by atoms with Gasteiger partial charge in [-0.15, -0.1) is 10.2 Å². The first-order chi connectivity index (χ1) is 12.5. The highest BCUT2D eigenvalue weighted by molar-refractivity contribution is 7.85. The Morgan fingerprint density at radius 2 is 2.23 bits per heavy atom. The third-order valence-electron chi connectivity index (χ3n) is 4.78. The van der Waals surface area contributed by atoms with Gasteiger partial charge in [0.15, 0.2) is 11.8 Å². The normalized spacial score (nSPS) is 22.2. The number of nitrogens with one attached hydrogen (secondary N) is 2. The minimum absolute atomic E-state index is 0.285. The highest BCUT2D eigenvalue weighted by Gasteiger charge is 2.26. The van der Waals surface area contributed by atoms with Crippen LogP contribution >= 0.6 is 0 Å². The summed E-state index contributed by atoms with van der Waals surface area (Å²) in [6.07, 6.45) is 4.16. The van der Waals surface area contributed by atoms with Crippen LogP contribution in [0.15, 0.2) is 4.99 Å². The Morgan fingerprint density at radius 1 is 1.42 bits per heavy atom. The van der Waals surface area contributed by atoms with Gasteiger partial charge >= 0.3 is 0 Å². The van der Waals surface area contributed by atoms with Crippen LogP contribution in [0.25, 0.3) is 0 Å². The smallest absolute Gasteiger partial charge is 0.192 e. The maximum Gasteiger partial charge on any atom is 0.192 e. The average molecular weight is 385 g/mol. The Bertz CT molecular complexity index is 618. The Hall–Kier alpha value is -1.48. The average Bonchev–Trinajstić information content (AvgIpc) is 2.97. The lowest BCUT2D eigenvalue weighted by Crippen LogP contribution is -2.47. The molecule has 0 radical (unpaired) electrons. The quantitative estimate of drug-likeness (QED) is 0.393. The summed E-state index contributed by atoms with van der Waals surface area (Å²) < 4.78 is 19.2. The molecule has 0 aromatic carbocycles. The van der Waals surface area contributed by atoms with Crippen LogP contribution in [-0.2, 0) is 29.1 Å². The number of nitrogens with zero attached hydrogens (tertiary/aromatic N) is 4. The van der Waals surface area contributed by atoms with Gasteiger partial charge in [-0.25, -0.2) is 4.99 Å². The van der Waals surface area contributed by atoms with Crippen molar-refractivity contribution in [3.8, 4) is 0 Å². The molecule has 0 aliphatic heterocycles. The minimum Gasteiger partial charge on any atom is -0.383 e. The molecule has 1 aliphatic carbocycles. The molecule has 26 heavy (non-hydrogen) atoms. The summed E-state index contributed by atoms with van der Waals surface area (Å²) in [5.41, 5.74) is 0. The molecular formula is C17H32N6O2S. The van der Waals surface area contributed by atoms with Gasteiger partial charge in [0.2, 0.25) is 0 Å². The first-order valence-electron chi connectivity index (χ1n) is 9.31. The van der Waals surface area contributed by atoms with Crippen LogP contribution in [0.3, 0.4) is 0 Å². The molecule has 0 amide bonds. The van der Waals surface area contributed by atoms with Gasteiger partial charge in [-0.2, -0.15) is 0 Å². The Kier molecular flexibility index (Phi) is 8.50. The highest BCUT2D eigenvalue weighted by atomic mass is 32.2. The molecule has 1 heterocycles. The van der Waals surface area contributed by atoms with E-state index in [0.29, 0.717) is 25.7 Å².